The summed E-state index contributed by atoms with van der Waals surface area (Å²) in [5.41, 5.74) is 1.56. The first-order chi connectivity index (χ1) is 9.38. The number of benzene rings is 1. The maximum absolute atomic E-state index is 11.9. The summed E-state index contributed by atoms with van der Waals surface area (Å²) in [5.74, 6) is -0.476. The highest BCUT2D eigenvalue weighted by atomic mass is 35.5. The molecule has 0 aliphatic carbocycles. The third-order valence-electron chi connectivity index (χ3n) is 2.78. The van der Waals surface area contributed by atoms with Crippen LogP contribution in [0.1, 0.15) is 21.7 Å². The molecule has 20 heavy (non-hydrogen) atoms. The minimum absolute atomic E-state index is 0.0395. The molecule has 1 N–H and O–H groups in total. The summed E-state index contributed by atoms with van der Waals surface area (Å²) in [6.45, 7) is 3.39. The highest BCUT2D eigenvalue weighted by Crippen LogP contribution is 2.27. The maximum atomic E-state index is 11.9. The largest absolute Gasteiger partial charge is 0.440 e. The number of halogens is 1. The molecule has 2 rings (SSSR count). The second-order valence-corrected chi connectivity index (χ2v) is 4.64. The molecule has 0 atom stereocenters. The Hall–Kier alpha value is -2.34. The number of nitro groups is 1. The molecule has 2 aromatic rings. The predicted octanol–water partition coefficient (Wildman–Crippen LogP) is 3.71. The van der Waals surface area contributed by atoms with E-state index in [4.69, 9.17) is 16.0 Å². The molecular formula is C13H11ClN2O4. The average molecular weight is 295 g/mol. The number of hydrogen-bond acceptors (Lipinski definition) is 4. The summed E-state index contributed by atoms with van der Waals surface area (Å²) < 4.78 is 4.98. The highest BCUT2D eigenvalue weighted by molar-refractivity contribution is 6.29. The molecule has 0 saturated carbocycles. The Balaban J connectivity index is 2.31. The Morgan fingerprint density at radius 1 is 1.30 bits per heavy atom. The summed E-state index contributed by atoms with van der Waals surface area (Å²) in [4.78, 5) is 22.3. The van der Waals surface area contributed by atoms with Crippen LogP contribution < -0.4 is 5.32 Å². The Morgan fingerprint density at radius 2 is 2.00 bits per heavy atom. The third-order valence-corrected chi connectivity index (χ3v) is 2.99. The van der Waals surface area contributed by atoms with E-state index < -0.39 is 10.8 Å². The minimum atomic E-state index is -0.516. The molecule has 0 spiro atoms. The summed E-state index contributed by atoms with van der Waals surface area (Å²) in [6.07, 6.45) is 0. The number of nitrogens with zero attached hydrogens (tertiary/aromatic N) is 1. The SMILES string of the molecule is Cc1cc(C)c([N+](=O)[O-])cc1NC(=O)c1ccc(Cl)o1. The lowest BCUT2D eigenvalue weighted by molar-refractivity contribution is -0.385. The smallest absolute Gasteiger partial charge is 0.291 e. The number of carbonyl (C=O) groups excluding carboxylic acids is 1. The quantitative estimate of drug-likeness (QED) is 0.690. The second kappa shape index (κ2) is 5.34. The molecule has 7 heteroatoms. The Morgan fingerprint density at radius 3 is 2.55 bits per heavy atom. The highest BCUT2D eigenvalue weighted by Gasteiger charge is 2.17. The first kappa shape index (κ1) is 14.1. The predicted molar refractivity (Wildman–Crippen MR) is 74.2 cm³/mol. The van der Waals surface area contributed by atoms with Crippen molar-refractivity contribution in [3.8, 4) is 0 Å². The van der Waals surface area contributed by atoms with Crippen LogP contribution in [0.25, 0.3) is 0 Å². The Bertz CT molecular complexity index is 694. The molecule has 0 fully saturated rings. The molecule has 1 heterocycles. The molecule has 0 saturated heterocycles. The minimum Gasteiger partial charge on any atom is -0.440 e. The first-order valence-corrected chi connectivity index (χ1v) is 6.08. The van der Waals surface area contributed by atoms with Crippen molar-refractivity contribution in [1.29, 1.82) is 0 Å². The van der Waals surface area contributed by atoms with E-state index in [2.05, 4.69) is 5.32 Å². The van der Waals surface area contributed by atoms with E-state index in [0.29, 0.717) is 11.3 Å². The van der Waals surface area contributed by atoms with Crippen LogP contribution in [0, 0.1) is 24.0 Å². The van der Waals surface area contributed by atoms with Crippen molar-refractivity contribution in [3.63, 3.8) is 0 Å². The van der Waals surface area contributed by atoms with Gasteiger partial charge >= 0.3 is 0 Å². The van der Waals surface area contributed by atoms with Gasteiger partial charge < -0.3 is 9.73 Å². The zero-order chi connectivity index (χ0) is 14.9. The number of nitrogens with one attached hydrogen (secondary N) is 1. The van der Waals surface area contributed by atoms with Gasteiger partial charge in [0, 0.05) is 11.6 Å². The average Bonchev–Trinajstić information content (AvgIpc) is 2.79. The lowest BCUT2D eigenvalue weighted by Crippen LogP contribution is -2.12. The molecule has 0 unspecified atom stereocenters. The molecule has 0 bridgehead atoms. The van der Waals surface area contributed by atoms with Crippen molar-refractivity contribution >= 4 is 28.9 Å². The Labute approximate surface area is 119 Å². The van der Waals surface area contributed by atoms with Crippen LogP contribution in [0.4, 0.5) is 11.4 Å². The van der Waals surface area contributed by atoms with Crippen molar-refractivity contribution in [2.24, 2.45) is 0 Å². The number of aryl methyl sites for hydroxylation is 2. The number of hydrogen-bond donors (Lipinski definition) is 1. The molecule has 0 aliphatic heterocycles. The van der Waals surface area contributed by atoms with Crippen molar-refractivity contribution in [3.05, 3.63) is 56.5 Å². The summed E-state index contributed by atoms with van der Waals surface area (Å²) in [5, 5.41) is 13.6. The van der Waals surface area contributed by atoms with Gasteiger partial charge in [-0.25, -0.2) is 0 Å². The van der Waals surface area contributed by atoms with Crippen molar-refractivity contribution < 1.29 is 14.1 Å². The van der Waals surface area contributed by atoms with Crippen LogP contribution in [0.3, 0.4) is 0 Å². The van der Waals surface area contributed by atoms with Gasteiger partial charge in [0.15, 0.2) is 11.0 Å². The standard InChI is InChI=1S/C13H11ClN2O4/c1-7-5-8(2)10(16(18)19)6-9(7)15-13(17)11-3-4-12(14)20-11/h3-6H,1-2H3,(H,15,17). The number of nitro benzene ring substituents is 1. The van der Waals surface area contributed by atoms with Gasteiger partial charge in [0.05, 0.1) is 10.6 Å². The van der Waals surface area contributed by atoms with E-state index in [1.54, 1.807) is 19.9 Å². The van der Waals surface area contributed by atoms with Gasteiger partial charge in [-0.3, -0.25) is 14.9 Å². The summed E-state index contributed by atoms with van der Waals surface area (Å²) >= 11 is 5.59. The number of furan rings is 1. The van der Waals surface area contributed by atoms with Crippen molar-refractivity contribution in [2.75, 3.05) is 5.32 Å². The van der Waals surface area contributed by atoms with Gasteiger partial charge in [-0.15, -0.1) is 0 Å². The van der Waals surface area contributed by atoms with Crippen LogP contribution in [0.15, 0.2) is 28.7 Å². The van der Waals surface area contributed by atoms with E-state index in [9.17, 15) is 14.9 Å². The molecule has 1 aromatic carbocycles. The van der Waals surface area contributed by atoms with Crippen LogP contribution >= 0.6 is 11.6 Å². The van der Waals surface area contributed by atoms with E-state index in [1.807, 2.05) is 0 Å². The van der Waals surface area contributed by atoms with Crippen molar-refractivity contribution in [1.82, 2.24) is 0 Å². The zero-order valence-electron chi connectivity index (χ0n) is 10.8. The fraction of sp³-hybridized carbons (Fsp3) is 0.154. The molecule has 1 amide bonds. The fourth-order valence-corrected chi connectivity index (χ4v) is 1.94. The Kier molecular flexibility index (Phi) is 3.76. The number of anilines is 1. The molecule has 6 nitrogen and oxygen atoms in total. The topological polar surface area (TPSA) is 85.4 Å². The summed E-state index contributed by atoms with van der Waals surface area (Å²) in [6, 6.07) is 5.84. The number of rotatable bonds is 3. The molecule has 1 aromatic heterocycles. The van der Waals surface area contributed by atoms with Gasteiger partial charge in [0.25, 0.3) is 11.6 Å². The van der Waals surface area contributed by atoms with Gasteiger partial charge in [0.2, 0.25) is 0 Å². The fourth-order valence-electron chi connectivity index (χ4n) is 1.79. The van der Waals surface area contributed by atoms with Gasteiger partial charge in [-0.05, 0) is 49.2 Å². The summed E-state index contributed by atoms with van der Waals surface area (Å²) in [7, 11) is 0. The van der Waals surface area contributed by atoms with Crippen LogP contribution in [-0.4, -0.2) is 10.8 Å². The number of amides is 1. The van der Waals surface area contributed by atoms with Gasteiger partial charge in [0.1, 0.15) is 0 Å². The normalized spacial score (nSPS) is 10.3. The monoisotopic (exact) mass is 294 g/mol. The van der Waals surface area contributed by atoms with Crippen LogP contribution in [0.2, 0.25) is 5.22 Å². The van der Waals surface area contributed by atoms with E-state index in [1.165, 1.54) is 18.2 Å². The lowest BCUT2D eigenvalue weighted by Gasteiger charge is -2.08. The van der Waals surface area contributed by atoms with Gasteiger partial charge in [-0.2, -0.15) is 0 Å². The number of carbonyl (C=O) groups is 1. The molecule has 104 valence electrons. The first-order valence-electron chi connectivity index (χ1n) is 5.71. The molecule has 0 radical (unpaired) electrons. The van der Waals surface area contributed by atoms with E-state index in [0.717, 1.165) is 5.56 Å². The third kappa shape index (κ3) is 2.80. The second-order valence-electron chi connectivity index (χ2n) is 4.27. The zero-order valence-corrected chi connectivity index (χ0v) is 11.5. The molecule has 0 aliphatic rings. The van der Waals surface area contributed by atoms with E-state index >= 15 is 0 Å². The van der Waals surface area contributed by atoms with Crippen molar-refractivity contribution in [2.45, 2.75) is 13.8 Å². The maximum Gasteiger partial charge on any atom is 0.291 e. The van der Waals surface area contributed by atoms with E-state index in [-0.39, 0.29) is 16.7 Å². The van der Waals surface area contributed by atoms with Gasteiger partial charge in [-0.1, -0.05) is 0 Å². The lowest BCUT2D eigenvalue weighted by atomic mass is 10.1. The molecular weight excluding hydrogens is 284 g/mol. The van der Waals surface area contributed by atoms with Crippen LogP contribution in [-0.2, 0) is 0 Å². The van der Waals surface area contributed by atoms with Crippen LogP contribution in [0.5, 0.6) is 0 Å².